The number of carbonyl (C=O) groups is 1. The van der Waals surface area contributed by atoms with E-state index in [1.54, 1.807) is 0 Å². The fourth-order valence-corrected chi connectivity index (χ4v) is 3.21. The Morgan fingerprint density at radius 3 is 2.12 bits per heavy atom. The largest absolute Gasteiger partial charge is 0.348 e. The predicted molar refractivity (Wildman–Crippen MR) is 105 cm³/mol. The monoisotopic (exact) mass is 340 g/mol. The molecule has 0 atom stereocenters. The quantitative estimate of drug-likeness (QED) is 0.565. The number of hydrogen-bond donors (Lipinski definition) is 1. The van der Waals surface area contributed by atoms with Crippen molar-refractivity contribution in [1.82, 2.24) is 9.88 Å². The molecule has 0 unspecified atom stereocenters. The van der Waals surface area contributed by atoms with Crippen LogP contribution in [0.5, 0.6) is 0 Å². The number of nitrogens with one attached hydrogen (secondary N) is 1. The van der Waals surface area contributed by atoms with Gasteiger partial charge in [-0.25, -0.2) is 0 Å². The fourth-order valence-electron chi connectivity index (χ4n) is 3.21. The van der Waals surface area contributed by atoms with E-state index in [1.165, 1.54) is 5.56 Å². The highest BCUT2D eigenvalue weighted by atomic mass is 16.1. The van der Waals surface area contributed by atoms with Crippen molar-refractivity contribution in [2.75, 3.05) is 0 Å². The van der Waals surface area contributed by atoms with E-state index < -0.39 is 0 Å². The Balaban J connectivity index is 1.61. The summed E-state index contributed by atoms with van der Waals surface area (Å²) in [6, 6.07) is 28.3. The second-order valence-corrected chi connectivity index (χ2v) is 6.34. The third kappa shape index (κ3) is 3.38. The first-order chi connectivity index (χ1) is 12.8. The van der Waals surface area contributed by atoms with Gasteiger partial charge in [0.05, 0.1) is 5.56 Å². The minimum Gasteiger partial charge on any atom is -0.348 e. The average Bonchev–Trinajstić information content (AvgIpc) is 3.06. The van der Waals surface area contributed by atoms with E-state index >= 15 is 0 Å². The Kier molecular flexibility index (Phi) is 4.52. The first-order valence-corrected chi connectivity index (χ1v) is 8.75. The third-order valence-corrected chi connectivity index (χ3v) is 4.52. The number of carbonyl (C=O) groups excluding carboxylic acids is 1. The average molecular weight is 340 g/mol. The normalized spacial score (nSPS) is 10.8. The summed E-state index contributed by atoms with van der Waals surface area (Å²) in [5, 5.41) is 4.01. The van der Waals surface area contributed by atoms with Gasteiger partial charge in [-0.15, -0.1) is 0 Å². The predicted octanol–water partition coefficient (Wildman–Crippen LogP) is 4.62. The number of amides is 1. The van der Waals surface area contributed by atoms with E-state index in [9.17, 15) is 4.79 Å². The molecule has 0 bridgehead atoms. The van der Waals surface area contributed by atoms with Crippen molar-refractivity contribution in [1.29, 1.82) is 0 Å². The van der Waals surface area contributed by atoms with Crippen LogP contribution in [0.15, 0.2) is 91.1 Å². The van der Waals surface area contributed by atoms with Gasteiger partial charge in [-0.1, -0.05) is 78.9 Å². The summed E-state index contributed by atoms with van der Waals surface area (Å²) in [4.78, 5) is 12.8. The summed E-state index contributed by atoms with van der Waals surface area (Å²) in [6.07, 6.45) is 1.96. The first kappa shape index (κ1) is 16.2. The summed E-state index contributed by atoms with van der Waals surface area (Å²) in [6.45, 7) is 1.27. The molecule has 4 aromatic rings. The Hall–Kier alpha value is -3.33. The minimum atomic E-state index is -0.0446. The molecule has 1 N–H and O–H groups in total. The molecule has 3 heteroatoms. The van der Waals surface area contributed by atoms with Crippen LogP contribution >= 0.6 is 0 Å². The highest BCUT2D eigenvalue weighted by Crippen LogP contribution is 2.22. The Morgan fingerprint density at radius 1 is 0.769 bits per heavy atom. The zero-order valence-corrected chi connectivity index (χ0v) is 14.4. The van der Waals surface area contributed by atoms with E-state index in [-0.39, 0.29) is 5.91 Å². The van der Waals surface area contributed by atoms with Gasteiger partial charge in [-0.2, -0.15) is 0 Å². The van der Waals surface area contributed by atoms with Crippen LogP contribution in [-0.2, 0) is 13.1 Å². The van der Waals surface area contributed by atoms with E-state index in [0.717, 1.165) is 23.0 Å². The lowest BCUT2D eigenvalue weighted by Crippen LogP contribution is -2.22. The van der Waals surface area contributed by atoms with Gasteiger partial charge in [0.15, 0.2) is 0 Å². The molecule has 0 radical (unpaired) electrons. The molecule has 1 heterocycles. The third-order valence-electron chi connectivity index (χ3n) is 4.52. The van der Waals surface area contributed by atoms with Crippen LogP contribution in [-0.4, -0.2) is 10.5 Å². The minimum absolute atomic E-state index is 0.0446. The first-order valence-electron chi connectivity index (χ1n) is 8.75. The Bertz CT molecular complexity index is 1020. The van der Waals surface area contributed by atoms with Crippen molar-refractivity contribution in [3.63, 3.8) is 0 Å². The molecule has 0 saturated heterocycles. The van der Waals surface area contributed by atoms with Crippen molar-refractivity contribution in [2.24, 2.45) is 0 Å². The lowest BCUT2D eigenvalue weighted by molar-refractivity contribution is 0.0952. The molecule has 26 heavy (non-hydrogen) atoms. The molecule has 128 valence electrons. The molecular weight excluding hydrogens is 320 g/mol. The molecule has 0 aliphatic carbocycles. The lowest BCUT2D eigenvalue weighted by Gasteiger charge is -2.05. The number of aromatic nitrogens is 1. The van der Waals surface area contributed by atoms with E-state index in [0.29, 0.717) is 12.1 Å². The highest BCUT2D eigenvalue weighted by molar-refractivity contribution is 6.07. The van der Waals surface area contributed by atoms with Gasteiger partial charge in [0.1, 0.15) is 0 Å². The lowest BCUT2D eigenvalue weighted by atomic mass is 10.1. The van der Waals surface area contributed by atoms with Gasteiger partial charge in [-0.05, 0) is 17.2 Å². The number of rotatable bonds is 5. The molecule has 4 rings (SSSR count). The number of para-hydroxylation sites is 1. The molecule has 3 aromatic carbocycles. The van der Waals surface area contributed by atoms with Crippen molar-refractivity contribution in [3.8, 4) is 0 Å². The molecule has 0 spiro atoms. The van der Waals surface area contributed by atoms with Crippen LogP contribution in [0.25, 0.3) is 10.9 Å². The van der Waals surface area contributed by atoms with Crippen LogP contribution in [0.2, 0.25) is 0 Å². The molecular formula is C23H20N2O. The Morgan fingerprint density at radius 2 is 1.38 bits per heavy atom. The fraction of sp³-hybridized carbons (Fsp3) is 0.0870. The summed E-state index contributed by atoms with van der Waals surface area (Å²) in [5.74, 6) is -0.0446. The molecule has 0 fully saturated rings. The number of hydrogen-bond acceptors (Lipinski definition) is 1. The van der Waals surface area contributed by atoms with Gasteiger partial charge >= 0.3 is 0 Å². The van der Waals surface area contributed by atoms with Crippen LogP contribution in [0.1, 0.15) is 21.5 Å². The summed E-state index contributed by atoms with van der Waals surface area (Å²) in [5.41, 5.74) is 4.09. The van der Waals surface area contributed by atoms with Crippen molar-refractivity contribution in [3.05, 3.63) is 108 Å². The van der Waals surface area contributed by atoms with Gasteiger partial charge < -0.3 is 9.88 Å². The smallest absolute Gasteiger partial charge is 0.253 e. The van der Waals surface area contributed by atoms with Crippen LogP contribution < -0.4 is 5.32 Å². The number of fused-ring (bicyclic) bond motifs is 1. The molecule has 0 aliphatic rings. The van der Waals surface area contributed by atoms with Crippen molar-refractivity contribution < 1.29 is 4.79 Å². The topological polar surface area (TPSA) is 34.0 Å². The van der Waals surface area contributed by atoms with Crippen LogP contribution in [0.4, 0.5) is 0 Å². The SMILES string of the molecule is O=C(NCc1ccccc1)c1cn(Cc2ccccc2)c2ccccc12. The summed E-state index contributed by atoms with van der Waals surface area (Å²) in [7, 11) is 0. The number of nitrogens with zero attached hydrogens (tertiary/aromatic N) is 1. The highest BCUT2D eigenvalue weighted by Gasteiger charge is 2.14. The molecule has 0 aliphatic heterocycles. The van der Waals surface area contributed by atoms with Gasteiger partial charge in [0.2, 0.25) is 0 Å². The van der Waals surface area contributed by atoms with E-state index in [4.69, 9.17) is 0 Å². The van der Waals surface area contributed by atoms with Crippen molar-refractivity contribution in [2.45, 2.75) is 13.1 Å². The molecule has 1 aromatic heterocycles. The summed E-state index contributed by atoms with van der Waals surface area (Å²) < 4.78 is 2.14. The molecule has 1 amide bonds. The zero-order chi connectivity index (χ0) is 17.8. The zero-order valence-electron chi connectivity index (χ0n) is 14.4. The standard InChI is InChI=1S/C23H20N2O/c26-23(24-15-18-9-3-1-4-10-18)21-17-25(16-19-11-5-2-6-12-19)22-14-8-7-13-20(21)22/h1-14,17H,15-16H2,(H,24,26). The Labute approximate surface area is 152 Å². The van der Waals surface area contributed by atoms with E-state index in [2.05, 4.69) is 28.1 Å². The van der Waals surface area contributed by atoms with Crippen LogP contribution in [0, 0.1) is 0 Å². The van der Waals surface area contributed by atoms with Gasteiger partial charge in [0, 0.05) is 30.2 Å². The van der Waals surface area contributed by atoms with Gasteiger partial charge in [-0.3, -0.25) is 4.79 Å². The van der Waals surface area contributed by atoms with Crippen molar-refractivity contribution >= 4 is 16.8 Å². The van der Waals surface area contributed by atoms with E-state index in [1.807, 2.05) is 72.9 Å². The maximum atomic E-state index is 12.8. The number of benzene rings is 3. The molecule has 3 nitrogen and oxygen atoms in total. The summed E-state index contributed by atoms with van der Waals surface area (Å²) >= 11 is 0. The van der Waals surface area contributed by atoms with Crippen LogP contribution in [0.3, 0.4) is 0 Å². The van der Waals surface area contributed by atoms with Gasteiger partial charge in [0.25, 0.3) is 5.91 Å². The maximum Gasteiger partial charge on any atom is 0.253 e. The molecule has 0 saturated carbocycles. The second-order valence-electron chi connectivity index (χ2n) is 6.34. The maximum absolute atomic E-state index is 12.8. The second kappa shape index (κ2) is 7.28.